The Balaban J connectivity index is 2.39. The summed E-state index contributed by atoms with van der Waals surface area (Å²) in [6.45, 7) is 0.388. The molecule has 0 aromatic heterocycles. The van der Waals surface area contributed by atoms with E-state index < -0.39 is 17.7 Å². The maximum atomic E-state index is 12.9. The van der Waals surface area contributed by atoms with Gasteiger partial charge in [0, 0.05) is 19.7 Å². The van der Waals surface area contributed by atoms with Crippen LogP contribution in [0.25, 0.3) is 0 Å². The largest absolute Gasteiger partial charge is 0.383 e. The fourth-order valence-corrected chi connectivity index (χ4v) is 1.47. The first-order valence-electron chi connectivity index (χ1n) is 5.50. The molecule has 0 aliphatic heterocycles. The summed E-state index contributed by atoms with van der Waals surface area (Å²) in [4.78, 5) is 11.4. The standard InChI is InChI=1S/C12H16F2N2O2/c1-18-7-11(15)12(17)16-3-2-8-4-9(13)6-10(14)5-8/h4-6,11H,2-3,7,15H2,1H3,(H,16,17). The summed E-state index contributed by atoms with van der Waals surface area (Å²) in [6, 6.07) is 2.52. The monoisotopic (exact) mass is 258 g/mol. The third-order valence-electron chi connectivity index (χ3n) is 2.32. The van der Waals surface area contributed by atoms with Crippen molar-refractivity contribution in [1.82, 2.24) is 5.32 Å². The van der Waals surface area contributed by atoms with Crippen LogP contribution in [0.4, 0.5) is 8.78 Å². The molecule has 0 aliphatic carbocycles. The fraction of sp³-hybridized carbons (Fsp3) is 0.417. The molecule has 0 aliphatic rings. The summed E-state index contributed by atoms with van der Waals surface area (Å²) < 4.78 is 30.5. The van der Waals surface area contributed by atoms with Crippen molar-refractivity contribution < 1.29 is 18.3 Å². The predicted octanol–water partition coefficient (Wildman–Crippen LogP) is 0.597. The first-order valence-corrected chi connectivity index (χ1v) is 5.50. The van der Waals surface area contributed by atoms with E-state index >= 15 is 0 Å². The van der Waals surface area contributed by atoms with Gasteiger partial charge >= 0.3 is 0 Å². The number of rotatable bonds is 6. The second-order valence-corrected chi connectivity index (χ2v) is 3.88. The minimum Gasteiger partial charge on any atom is -0.383 e. The molecule has 0 fully saturated rings. The van der Waals surface area contributed by atoms with E-state index in [0.717, 1.165) is 6.07 Å². The van der Waals surface area contributed by atoms with Crippen LogP contribution in [0.3, 0.4) is 0 Å². The Kier molecular flexibility index (Phi) is 5.67. The molecule has 4 nitrogen and oxygen atoms in total. The smallest absolute Gasteiger partial charge is 0.239 e. The van der Waals surface area contributed by atoms with Gasteiger partial charge in [0.25, 0.3) is 0 Å². The number of halogens is 2. The molecule has 0 saturated heterocycles. The minimum atomic E-state index is -0.737. The Labute approximate surface area is 104 Å². The molecule has 0 heterocycles. The van der Waals surface area contributed by atoms with E-state index in [1.165, 1.54) is 19.2 Å². The van der Waals surface area contributed by atoms with Crippen molar-refractivity contribution in [3.8, 4) is 0 Å². The van der Waals surface area contributed by atoms with Crippen LogP contribution in [0.1, 0.15) is 5.56 Å². The van der Waals surface area contributed by atoms with Crippen molar-refractivity contribution >= 4 is 5.91 Å². The molecule has 1 atom stereocenters. The lowest BCUT2D eigenvalue weighted by atomic mass is 10.1. The lowest BCUT2D eigenvalue weighted by molar-refractivity contribution is -0.123. The average Bonchev–Trinajstić information content (AvgIpc) is 2.27. The third-order valence-corrected chi connectivity index (χ3v) is 2.32. The summed E-state index contributed by atoms with van der Waals surface area (Å²) in [6.07, 6.45) is 0.333. The number of hydrogen-bond donors (Lipinski definition) is 2. The van der Waals surface area contributed by atoms with Crippen molar-refractivity contribution in [3.63, 3.8) is 0 Å². The van der Waals surface area contributed by atoms with E-state index in [2.05, 4.69) is 5.32 Å². The molecule has 0 radical (unpaired) electrons. The number of methoxy groups -OCH3 is 1. The van der Waals surface area contributed by atoms with E-state index in [1.807, 2.05) is 0 Å². The van der Waals surface area contributed by atoms with Crippen molar-refractivity contribution in [1.29, 1.82) is 0 Å². The zero-order chi connectivity index (χ0) is 13.5. The molecule has 1 unspecified atom stereocenters. The van der Waals surface area contributed by atoms with E-state index in [0.29, 0.717) is 12.0 Å². The van der Waals surface area contributed by atoms with Crippen LogP contribution in [0.2, 0.25) is 0 Å². The lowest BCUT2D eigenvalue weighted by Gasteiger charge is -2.11. The number of nitrogens with one attached hydrogen (secondary N) is 1. The molecule has 1 amide bonds. The zero-order valence-electron chi connectivity index (χ0n) is 10.1. The molecular weight excluding hydrogens is 242 g/mol. The van der Waals surface area contributed by atoms with Gasteiger partial charge in [-0.25, -0.2) is 8.78 Å². The van der Waals surface area contributed by atoms with Crippen molar-refractivity contribution in [3.05, 3.63) is 35.4 Å². The molecule has 18 heavy (non-hydrogen) atoms. The van der Waals surface area contributed by atoms with Crippen LogP contribution in [0, 0.1) is 11.6 Å². The van der Waals surface area contributed by atoms with Crippen molar-refractivity contribution in [2.45, 2.75) is 12.5 Å². The number of carbonyl (C=O) groups excluding carboxylic acids is 1. The van der Waals surface area contributed by atoms with Crippen molar-refractivity contribution in [2.24, 2.45) is 5.73 Å². The second-order valence-electron chi connectivity index (χ2n) is 3.88. The highest BCUT2D eigenvalue weighted by Crippen LogP contribution is 2.08. The number of ether oxygens (including phenoxy) is 1. The molecule has 0 spiro atoms. The Morgan fingerprint density at radius 2 is 2.00 bits per heavy atom. The summed E-state index contributed by atoms with van der Waals surface area (Å²) in [5.74, 6) is -1.62. The van der Waals surface area contributed by atoms with Gasteiger partial charge < -0.3 is 15.8 Å². The van der Waals surface area contributed by atoms with E-state index in [9.17, 15) is 13.6 Å². The molecule has 1 aromatic carbocycles. The zero-order valence-corrected chi connectivity index (χ0v) is 10.1. The van der Waals surface area contributed by atoms with Crippen LogP contribution in [0.5, 0.6) is 0 Å². The van der Waals surface area contributed by atoms with Gasteiger partial charge in [-0.15, -0.1) is 0 Å². The molecule has 6 heteroatoms. The van der Waals surface area contributed by atoms with Crippen LogP contribution >= 0.6 is 0 Å². The first-order chi connectivity index (χ1) is 8.52. The normalized spacial score (nSPS) is 12.2. The molecule has 100 valence electrons. The Bertz CT molecular complexity index is 393. The maximum absolute atomic E-state index is 12.9. The Morgan fingerprint density at radius 1 is 1.39 bits per heavy atom. The number of nitrogens with two attached hydrogens (primary N) is 1. The van der Waals surface area contributed by atoms with Gasteiger partial charge in [0.2, 0.25) is 5.91 Å². The van der Waals surface area contributed by atoms with Crippen LogP contribution in [-0.2, 0) is 16.0 Å². The van der Waals surface area contributed by atoms with Gasteiger partial charge in [0.15, 0.2) is 0 Å². The van der Waals surface area contributed by atoms with E-state index in [-0.39, 0.29) is 19.1 Å². The highest BCUT2D eigenvalue weighted by atomic mass is 19.1. The quantitative estimate of drug-likeness (QED) is 0.785. The molecule has 1 rings (SSSR count). The van der Waals surface area contributed by atoms with Crippen LogP contribution in [0.15, 0.2) is 18.2 Å². The summed E-state index contributed by atoms with van der Waals surface area (Å²) in [5, 5.41) is 2.57. The molecule has 3 N–H and O–H groups in total. The third kappa shape index (κ3) is 4.77. The van der Waals surface area contributed by atoms with Crippen molar-refractivity contribution in [2.75, 3.05) is 20.3 Å². The highest BCUT2D eigenvalue weighted by Gasteiger charge is 2.12. The topological polar surface area (TPSA) is 64.3 Å². The number of carbonyl (C=O) groups is 1. The molecule has 1 aromatic rings. The van der Waals surface area contributed by atoms with Crippen LogP contribution < -0.4 is 11.1 Å². The SMILES string of the molecule is COCC(N)C(=O)NCCc1cc(F)cc(F)c1. The predicted molar refractivity (Wildman–Crippen MR) is 62.9 cm³/mol. The fourth-order valence-electron chi connectivity index (χ4n) is 1.47. The summed E-state index contributed by atoms with van der Waals surface area (Å²) in [5.41, 5.74) is 5.98. The van der Waals surface area contributed by atoms with Gasteiger partial charge in [-0.2, -0.15) is 0 Å². The second kappa shape index (κ2) is 7.03. The highest BCUT2D eigenvalue weighted by molar-refractivity contribution is 5.81. The Hall–Kier alpha value is -1.53. The van der Waals surface area contributed by atoms with Crippen LogP contribution in [-0.4, -0.2) is 32.2 Å². The van der Waals surface area contributed by atoms with E-state index in [4.69, 9.17) is 10.5 Å². The number of hydrogen-bond acceptors (Lipinski definition) is 3. The Morgan fingerprint density at radius 3 is 2.56 bits per heavy atom. The van der Waals surface area contributed by atoms with E-state index in [1.54, 1.807) is 0 Å². The summed E-state index contributed by atoms with van der Waals surface area (Å²) >= 11 is 0. The molecular formula is C12H16F2N2O2. The first kappa shape index (κ1) is 14.5. The maximum Gasteiger partial charge on any atom is 0.239 e. The molecule has 0 saturated carbocycles. The van der Waals surface area contributed by atoms with Gasteiger partial charge in [-0.1, -0.05) is 0 Å². The van der Waals surface area contributed by atoms with Gasteiger partial charge in [-0.3, -0.25) is 4.79 Å². The van der Waals surface area contributed by atoms with Gasteiger partial charge in [0.1, 0.15) is 17.7 Å². The average molecular weight is 258 g/mol. The molecule has 0 bridgehead atoms. The number of benzene rings is 1. The van der Waals surface area contributed by atoms with Gasteiger partial charge in [-0.05, 0) is 24.1 Å². The van der Waals surface area contributed by atoms with Gasteiger partial charge in [0.05, 0.1) is 6.61 Å². The lowest BCUT2D eigenvalue weighted by Crippen LogP contribution is -2.44. The minimum absolute atomic E-state index is 0.125. The summed E-state index contributed by atoms with van der Waals surface area (Å²) in [7, 11) is 1.45. The number of amides is 1.